The summed E-state index contributed by atoms with van der Waals surface area (Å²) in [5.74, 6) is 4.10. The summed E-state index contributed by atoms with van der Waals surface area (Å²) in [6.45, 7) is 1.89. The summed E-state index contributed by atoms with van der Waals surface area (Å²) in [4.78, 5) is 29.5. The van der Waals surface area contributed by atoms with Gasteiger partial charge in [0.25, 0.3) is 0 Å². The van der Waals surface area contributed by atoms with Crippen LogP contribution in [0.3, 0.4) is 0 Å². The Labute approximate surface area is 90.8 Å². The molecular formula is C11H10N2O3. The van der Waals surface area contributed by atoms with E-state index in [1.54, 1.807) is 12.1 Å². The maximum Gasteiger partial charge on any atom is 0.357 e. The quantitative estimate of drug-likeness (QED) is 0.695. The molecule has 82 valence electrons. The number of nitrogens with one attached hydrogen (secondary N) is 1. The average Bonchev–Trinajstić information content (AvgIpc) is 2.27. The molecule has 16 heavy (non-hydrogen) atoms. The van der Waals surface area contributed by atoms with E-state index in [0.717, 1.165) is 5.56 Å². The van der Waals surface area contributed by atoms with Crippen LogP contribution in [0.5, 0.6) is 0 Å². The minimum atomic E-state index is -0.721. The van der Waals surface area contributed by atoms with Gasteiger partial charge < -0.3 is 9.82 Å². The molecule has 0 bridgehead atoms. The molecule has 5 nitrogen and oxygen atoms in total. The smallest absolute Gasteiger partial charge is 0.357 e. The van der Waals surface area contributed by atoms with Crippen molar-refractivity contribution in [3.8, 4) is 0 Å². The van der Waals surface area contributed by atoms with E-state index in [0.29, 0.717) is 10.9 Å². The lowest BCUT2D eigenvalue weighted by Crippen LogP contribution is -2.15. The summed E-state index contributed by atoms with van der Waals surface area (Å²) in [6.07, 6.45) is 0. The minimum absolute atomic E-state index is 0.171. The Morgan fingerprint density at radius 3 is 2.81 bits per heavy atom. The van der Waals surface area contributed by atoms with E-state index in [4.69, 9.17) is 5.90 Å². The molecule has 0 aliphatic carbocycles. The van der Waals surface area contributed by atoms with Crippen molar-refractivity contribution >= 4 is 16.9 Å². The lowest BCUT2D eigenvalue weighted by molar-refractivity contribution is 0.0505. The molecule has 0 spiro atoms. The Bertz CT molecular complexity index is 616. The number of aryl methyl sites for hydroxylation is 1. The topological polar surface area (TPSA) is 85.2 Å². The van der Waals surface area contributed by atoms with Gasteiger partial charge in [-0.3, -0.25) is 4.79 Å². The van der Waals surface area contributed by atoms with Crippen molar-refractivity contribution in [1.29, 1.82) is 0 Å². The van der Waals surface area contributed by atoms with Crippen LogP contribution in [-0.2, 0) is 4.84 Å². The molecule has 5 heteroatoms. The van der Waals surface area contributed by atoms with E-state index in [2.05, 4.69) is 9.82 Å². The van der Waals surface area contributed by atoms with E-state index in [-0.39, 0.29) is 11.1 Å². The van der Waals surface area contributed by atoms with Gasteiger partial charge in [-0.2, -0.15) is 5.90 Å². The first-order valence-corrected chi connectivity index (χ1v) is 4.66. The third-order valence-electron chi connectivity index (χ3n) is 2.33. The van der Waals surface area contributed by atoms with Crippen LogP contribution in [0.1, 0.15) is 15.9 Å². The SMILES string of the molecule is Cc1ccc2[nH]c(=O)cc(C(=O)ON)c2c1. The number of aromatic nitrogens is 1. The normalized spacial score (nSPS) is 10.4. The van der Waals surface area contributed by atoms with Crippen LogP contribution in [0.15, 0.2) is 29.1 Å². The molecule has 0 radical (unpaired) electrons. The molecule has 0 aliphatic rings. The van der Waals surface area contributed by atoms with Gasteiger partial charge in [-0.25, -0.2) is 4.79 Å². The van der Waals surface area contributed by atoms with Gasteiger partial charge in [-0.15, -0.1) is 0 Å². The van der Waals surface area contributed by atoms with Crippen molar-refractivity contribution < 1.29 is 9.63 Å². The van der Waals surface area contributed by atoms with Crippen molar-refractivity contribution in [2.24, 2.45) is 5.90 Å². The minimum Gasteiger partial charge on any atom is -0.370 e. The van der Waals surface area contributed by atoms with E-state index >= 15 is 0 Å². The summed E-state index contributed by atoms with van der Waals surface area (Å²) in [6, 6.07) is 6.55. The van der Waals surface area contributed by atoms with Crippen LogP contribution >= 0.6 is 0 Å². The number of hydrogen-bond acceptors (Lipinski definition) is 4. The van der Waals surface area contributed by atoms with Gasteiger partial charge >= 0.3 is 5.97 Å². The summed E-state index contributed by atoms with van der Waals surface area (Å²) in [5, 5.41) is 0.620. The summed E-state index contributed by atoms with van der Waals surface area (Å²) < 4.78 is 0. The van der Waals surface area contributed by atoms with Crippen molar-refractivity contribution in [2.75, 3.05) is 0 Å². The van der Waals surface area contributed by atoms with Crippen LogP contribution in [0.2, 0.25) is 0 Å². The Hall–Kier alpha value is -2.14. The fourth-order valence-corrected chi connectivity index (χ4v) is 1.60. The highest BCUT2D eigenvalue weighted by Crippen LogP contribution is 2.17. The number of rotatable bonds is 1. The number of fused-ring (bicyclic) bond motifs is 1. The van der Waals surface area contributed by atoms with E-state index in [1.165, 1.54) is 6.07 Å². The van der Waals surface area contributed by atoms with Gasteiger partial charge in [0, 0.05) is 17.0 Å². The van der Waals surface area contributed by atoms with Gasteiger partial charge in [0.15, 0.2) is 0 Å². The zero-order valence-electron chi connectivity index (χ0n) is 8.61. The highest BCUT2D eigenvalue weighted by atomic mass is 16.7. The van der Waals surface area contributed by atoms with E-state index in [1.807, 2.05) is 13.0 Å². The monoisotopic (exact) mass is 218 g/mol. The van der Waals surface area contributed by atoms with Crippen molar-refractivity contribution in [2.45, 2.75) is 6.92 Å². The predicted molar refractivity (Wildman–Crippen MR) is 58.9 cm³/mol. The predicted octanol–water partition coefficient (Wildman–Crippen LogP) is 0.867. The molecule has 0 aliphatic heterocycles. The molecule has 0 atom stereocenters. The highest BCUT2D eigenvalue weighted by molar-refractivity contribution is 6.03. The number of carbonyl (C=O) groups is 1. The molecule has 1 aromatic carbocycles. The fourth-order valence-electron chi connectivity index (χ4n) is 1.60. The standard InChI is InChI=1S/C11H10N2O3/c1-6-2-3-9-7(4-6)8(11(15)16-12)5-10(14)13-9/h2-5H,12H2,1H3,(H,13,14). The van der Waals surface area contributed by atoms with Crippen molar-refractivity contribution in [3.63, 3.8) is 0 Å². The number of nitrogens with two attached hydrogens (primary N) is 1. The molecule has 2 rings (SSSR count). The maximum absolute atomic E-state index is 11.4. The second-order valence-corrected chi connectivity index (χ2v) is 3.50. The highest BCUT2D eigenvalue weighted by Gasteiger charge is 2.12. The van der Waals surface area contributed by atoms with Gasteiger partial charge in [0.2, 0.25) is 5.56 Å². The lowest BCUT2D eigenvalue weighted by atomic mass is 10.1. The molecule has 0 fully saturated rings. The fraction of sp³-hybridized carbons (Fsp3) is 0.0909. The van der Waals surface area contributed by atoms with Crippen LogP contribution in [-0.4, -0.2) is 11.0 Å². The molecule has 0 saturated heterocycles. The Balaban J connectivity index is 2.84. The maximum atomic E-state index is 11.4. The number of benzene rings is 1. The zero-order chi connectivity index (χ0) is 11.7. The average molecular weight is 218 g/mol. The molecule has 1 aromatic heterocycles. The largest absolute Gasteiger partial charge is 0.370 e. The second kappa shape index (κ2) is 3.79. The number of H-pyrrole nitrogens is 1. The third kappa shape index (κ3) is 1.68. The number of carbonyl (C=O) groups excluding carboxylic acids is 1. The van der Waals surface area contributed by atoms with Crippen LogP contribution < -0.4 is 11.5 Å². The summed E-state index contributed by atoms with van der Waals surface area (Å²) >= 11 is 0. The van der Waals surface area contributed by atoms with E-state index in [9.17, 15) is 9.59 Å². The first kappa shape index (κ1) is 10.4. The molecular weight excluding hydrogens is 208 g/mol. The second-order valence-electron chi connectivity index (χ2n) is 3.50. The van der Waals surface area contributed by atoms with Gasteiger partial charge in [-0.1, -0.05) is 11.6 Å². The van der Waals surface area contributed by atoms with Crippen LogP contribution in [0.25, 0.3) is 10.9 Å². The number of hydrogen-bond donors (Lipinski definition) is 2. The molecule has 3 N–H and O–H groups in total. The summed E-state index contributed by atoms with van der Waals surface area (Å²) in [7, 11) is 0. The Morgan fingerprint density at radius 1 is 1.38 bits per heavy atom. The van der Waals surface area contributed by atoms with Gasteiger partial charge in [0.1, 0.15) is 0 Å². The van der Waals surface area contributed by atoms with Gasteiger partial charge in [-0.05, 0) is 19.1 Å². The van der Waals surface area contributed by atoms with Crippen LogP contribution in [0.4, 0.5) is 0 Å². The molecule has 1 heterocycles. The van der Waals surface area contributed by atoms with E-state index < -0.39 is 5.97 Å². The van der Waals surface area contributed by atoms with Crippen molar-refractivity contribution in [3.05, 3.63) is 45.7 Å². The van der Waals surface area contributed by atoms with Crippen molar-refractivity contribution in [1.82, 2.24) is 4.98 Å². The Morgan fingerprint density at radius 2 is 2.12 bits per heavy atom. The first-order chi connectivity index (χ1) is 7.61. The summed E-state index contributed by atoms with van der Waals surface area (Å²) in [5.41, 5.74) is 1.37. The Kier molecular flexibility index (Phi) is 2.46. The number of pyridine rings is 1. The lowest BCUT2D eigenvalue weighted by Gasteiger charge is -2.04. The third-order valence-corrected chi connectivity index (χ3v) is 2.33. The van der Waals surface area contributed by atoms with Crippen LogP contribution in [0, 0.1) is 6.92 Å². The molecule has 2 aromatic rings. The molecule has 0 saturated carbocycles. The first-order valence-electron chi connectivity index (χ1n) is 4.66. The molecule has 0 unspecified atom stereocenters. The molecule has 0 amide bonds. The number of aromatic amines is 1. The van der Waals surface area contributed by atoms with Gasteiger partial charge in [0.05, 0.1) is 5.56 Å². The zero-order valence-corrected chi connectivity index (χ0v) is 8.61.